The van der Waals surface area contributed by atoms with E-state index in [0.29, 0.717) is 28.5 Å². The summed E-state index contributed by atoms with van der Waals surface area (Å²) in [6, 6.07) is 11.5. The smallest absolute Gasteiger partial charge is 0.277 e. The lowest BCUT2D eigenvalue weighted by Crippen LogP contribution is -1.87. The van der Waals surface area contributed by atoms with E-state index >= 15 is 0 Å². The van der Waals surface area contributed by atoms with Crippen molar-refractivity contribution >= 4 is 23.1 Å². The molecule has 8 heteroatoms. The monoisotopic (exact) mass is 385 g/mol. The van der Waals surface area contributed by atoms with Crippen LogP contribution in [0, 0.1) is 6.92 Å². The van der Waals surface area contributed by atoms with Crippen LogP contribution in [-0.4, -0.2) is 22.3 Å². The van der Waals surface area contributed by atoms with E-state index in [2.05, 4.69) is 15.2 Å². The minimum absolute atomic E-state index is 0.432. The molecule has 3 aromatic heterocycles. The molecule has 3 heterocycles. The van der Waals surface area contributed by atoms with Gasteiger partial charge in [0.2, 0.25) is 5.89 Å². The van der Waals surface area contributed by atoms with E-state index in [4.69, 9.17) is 13.6 Å². The Kier molecular flexibility index (Phi) is 4.77. The zero-order valence-corrected chi connectivity index (χ0v) is 15.8. The zero-order valence-electron chi connectivity index (χ0n) is 14.1. The molecule has 0 unspecified atom stereocenters. The fourth-order valence-corrected chi connectivity index (χ4v) is 3.81. The van der Waals surface area contributed by atoms with Crippen LogP contribution in [0.25, 0.3) is 22.2 Å². The second-order valence-electron chi connectivity index (χ2n) is 5.36. The summed E-state index contributed by atoms with van der Waals surface area (Å²) in [6.07, 6.45) is 0. The van der Waals surface area contributed by atoms with Crippen molar-refractivity contribution in [2.75, 3.05) is 7.11 Å². The maximum absolute atomic E-state index is 5.76. The first kappa shape index (κ1) is 16.9. The van der Waals surface area contributed by atoms with Gasteiger partial charge < -0.3 is 13.6 Å². The molecule has 4 aromatic rings. The molecule has 0 saturated carbocycles. The molecule has 0 aliphatic heterocycles. The lowest BCUT2D eigenvalue weighted by Gasteiger charge is -2.03. The predicted octanol–water partition coefficient (Wildman–Crippen LogP) is 5.06. The summed E-state index contributed by atoms with van der Waals surface area (Å²) in [5.41, 5.74) is 1.64. The Hall–Kier alpha value is -2.58. The third-order valence-corrected chi connectivity index (χ3v) is 5.39. The highest BCUT2D eigenvalue weighted by Crippen LogP contribution is 2.32. The van der Waals surface area contributed by atoms with Crippen molar-refractivity contribution in [3.8, 4) is 28.0 Å². The maximum atomic E-state index is 5.76. The number of thioether (sulfide) groups is 1. The summed E-state index contributed by atoms with van der Waals surface area (Å²) in [4.78, 5) is 5.59. The van der Waals surface area contributed by atoms with Gasteiger partial charge in [-0.25, -0.2) is 4.98 Å². The van der Waals surface area contributed by atoms with Crippen LogP contribution < -0.4 is 4.74 Å². The minimum atomic E-state index is 0.432. The first-order valence-corrected chi connectivity index (χ1v) is 9.71. The number of aromatic nitrogens is 3. The van der Waals surface area contributed by atoms with Crippen molar-refractivity contribution in [3.63, 3.8) is 0 Å². The van der Waals surface area contributed by atoms with Crippen molar-refractivity contribution in [1.29, 1.82) is 0 Å². The van der Waals surface area contributed by atoms with Gasteiger partial charge in [-0.3, -0.25) is 0 Å². The SMILES string of the molecule is COc1ccccc1-c1nnc(SCc2nc(-c3cccs3)oc2C)o1. The highest BCUT2D eigenvalue weighted by molar-refractivity contribution is 7.98. The van der Waals surface area contributed by atoms with Gasteiger partial charge in [0.05, 0.1) is 23.2 Å². The van der Waals surface area contributed by atoms with E-state index in [-0.39, 0.29) is 0 Å². The molecule has 0 bridgehead atoms. The normalized spacial score (nSPS) is 11.0. The number of aryl methyl sites for hydroxylation is 1. The average Bonchev–Trinajstić information content (AvgIpc) is 3.41. The van der Waals surface area contributed by atoms with E-state index < -0.39 is 0 Å². The molecular weight excluding hydrogens is 370 g/mol. The molecule has 0 spiro atoms. The molecule has 0 amide bonds. The zero-order chi connectivity index (χ0) is 17.9. The third-order valence-electron chi connectivity index (χ3n) is 3.70. The van der Waals surface area contributed by atoms with Crippen molar-refractivity contribution in [2.45, 2.75) is 17.9 Å². The second kappa shape index (κ2) is 7.35. The Morgan fingerprint density at radius 3 is 2.77 bits per heavy atom. The van der Waals surface area contributed by atoms with Gasteiger partial charge in [-0.1, -0.05) is 30.0 Å². The summed E-state index contributed by atoms with van der Waals surface area (Å²) in [7, 11) is 1.61. The molecule has 0 aliphatic carbocycles. The summed E-state index contributed by atoms with van der Waals surface area (Å²) in [5, 5.41) is 10.7. The molecule has 132 valence electrons. The van der Waals surface area contributed by atoms with Crippen molar-refractivity contribution < 1.29 is 13.6 Å². The second-order valence-corrected chi connectivity index (χ2v) is 7.24. The molecule has 0 aliphatic rings. The Morgan fingerprint density at radius 1 is 1.08 bits per heavy atom. The van der Waals surface area contributed by atoms with Crippen molar-refractivity contribution in [1.82, 2.24) is 15.2 Å². The standard InChI is InChI=1S/C18H15N3O3S2/c1-11-13(19-17(23-11)15-8-5-9-25-15)10-26-18-21-20-16(24-18)12-6-3-4-7-14(12)22-2/h3-9H,10H2,1-2H3. The first-order valence-electron chi connectivity index (χ1n) is 7.84. The van der Waals surface area contributed by atoms with Crippen LogP contribution >= 0.6 is 23.1 Å². The van der Waals surface area contributed by atoms with Crippen LogP contribution in [0.5, 0.6) is 5.75 Å². The summed E-state index contributed by atoms with van der Waals surface area (Å²) in [5.74, 6) is 3.16. The van der Waals surface area contributed by atoms with E-state index in [0.717, 1.165) is 21.9 Å². The largest absolute Gasteiger partial charge is 0.496 e. The van der Waals surface area contributed by atoms with Crippen molar-refractivity contribution in [2.24, 2.45) is 0 Å². The quantitative estimate of drug-likeness (QED) is 0.429. The molecule has 1 aromatic carbocycles. The number of oxazole rings is 1. The summed E-state index contributed by atoms with van der Waals surface area (Å²) >= 11 is 3.03. The Bertz CT molecular complexity index is 1010. The van der Waals surface area contributed by atoms with E-state index in [9.17, 15) is 0 Å². The van der Waals surface area contributed by atoms with Gasteiger partial charge in [0.1, 0.15) is 11.5 Å². The molecule has 0 radical (unpaired) electrons. The summed E-state index contributed by atoms with van der Waals surface area (Å²) < 4.78 is 16.8. The Morgan fingerprint density at radius 2 is 1.96 bits per heavy atom. The molecule has 4 rings (SSSR count). The van der Waals surface area contributed by atoms with Gasteiger partial charge >= 0.3 is 0 Å². The van der Waals surface area contributed by atoms with Crippen LogP contribution in [-0.2, 0) is 5.75 Å². The first-order chi connectivity index (χ1) is 12.7. The number of ether oxygens (including phenoxy) is 1. The third kappa shape index (κ3) is 3.38. The number of nitrogens with zero attached hydrogens (tertiary/aromatic N) is 3. The summed E-state index contributed by atoms with van der Waals surface area (Å²) in [6.45, 7) is 1.91. The van der Waals surface area contributed by atoms with Gasteiger partial charge in [0.25, 0.3) is 11.1 Å². The number of hydrogen-bond acceptors (Lipinski definition) is 8. The van der Waals surface area contributed by atoms with Crippen LogP contribution in [0.3, 0.4) is 0 Å². The van der Waals surface area contributed by atoms with Gasteiger partial charge in [-0.15, -0.1) is 21.5 Å². The van der Waals surface area contributed by atoms with E-state index in [1.165, 1.54) is 11.8 Å². The number of para-hydroxylation sites is 1. The fourth-order valence-electron chi connectivity index (χ4n) is 2.40. The van der Waals surface area contributed by atoms with E-state index in [1.54, 1.807) is 18.4 Å². The lowest BCUT2D eigenvalue weighted by atomic mass is 10.2. The molecule has 6 nitrogen and oxygen atoms in total. The molecular formula is C18H15N3O3S2. The van der Waals surface area contributed by atoms with Gasteiger partial charge in [-0.05, 0) is 30.5 Å². The Balaban J connectivity index is 1.49. The molecule has 0 atom stereocenters. The Labute approximate surface area is 158 Å². The number of methoxy groups -OCH3 is 1. The van der Waals surface area contributed by atoms with Gasteiger partial charge in [0.15, 0.2) is 0 Å². The van der Waals surface area contributed by atoms with Gasteiger partial charge in [0, 0.05) is 5.75 Å². The van der Waals surface area contributed by atoms with Crippen LogP contribution in [0.2, 0.25) is 0 Å². The highest BCUT2D eigenvalue weighted by atomic mass is 32.2. The number of benzene rings is 1. The topological polar surface area (TPSA) is 74.2 Å². The number of rotatable bonds is 6. The van der Waals surface area contributed by atoms with Crippen LogP contribution in [0.15, 0.2) is 55.8 Å². The molecule has 26 heavy (non-hydrogen) atoms. The lowest BCUT2D eigenvalue weighted by molar-refractivity contribution is 0.411. The molecule has 0 fully saturated rings. The molecule has 0 saturated heterocycles. The maximum Gasteiger partial charge on any atom is 0.277 e. The number of thiophene rings is 1. The van der Waals surface area contributed by atoms with Crippen molar-refractivity contribution in [3.05, 3.63) is 53.2 Å². The average molecular weight is 385 g/mol. The van der Waals surface area contributed by atoms with Gasteiger partial charge in [-0.2, -0.15) is 0 Å². The van der Waals surface area contributed by atoms with Crippen LogP contribution in [0.1, 0.15) is 11.5 Å². The minimum Gasteiger partial charge on any atom is -0.496 e. The fraction of sp³-hybridized carbons (Fsp3) is 0.167. The number of hydrogen-bond donors (Lipinski definition) is 0. The van der Waals surface area contributed by atoms with E-state index in [1.807, 2.05) is 48.7 Å². The highest BCUT2D eigenvalue weighted by Gasteiger charge is 2.16. The molecule has 0 N–H and O–H groups in total. The van der Waals surface area contributed by atoms with Crippen LogP contribution in [0.4, 0.5) is 0 Å². The predicted molar refractivity (Wildman–Crippen MR) is 100 cm³/mol.